The van der Waals surface area contributed by atoms with Crippen molar-refractivity contribution in [2.75, 3.05) is 36.5 Å². The Morgan fingerprint density at radius 3 is 2.24 bits per heavy atom. The van der Waals surface area contributed by atoms with Crippen LogP contribution in [0.3, 0.4) is 0 Å². The summed E-state index contributed by atoms with van der Waals surface area (Å²) in [5, 5.41) is 0. The monoisotopic (exact) mass is 230 g/mol. The molecule has 0 aromatic heterocycles. The summed E-state index contributed by atoms with van der Waals surface area (Å²) >= 11 is 0. The van der Waals surface area contributed by atoms with E-state index in [9.17, 15) is 0 Å². The van der Waals surface area contributed by atoms with Gasteiger partial charge in [-0.2, -0.15) is 0 Å². The Morgan fingerprint density at radius 1 is 1.12 bits per heavy atom. The Morgan fingerprint density at radius 2 is 1.71 bits per heavy atom. The average Bonchev–Trinajstić information content (AvgIpc) is 2.38. The molecule has 17 heavy (non-hydrogen) atoms. The molecule has 0 atom stereocenters. The summed E-state index contributed by atoms with van der Waals surface area (Å²) in [5.74, 6) is 0. The molecule has 0 bridgehead atoms. The fourth-order valence-corrected chi connectivity index (χ4v) is 3.19. The average molecular weight is 230 g/mol. The lowest BCUT2D eigenvalue weighted by atomic mass is 9.91. The van der Waals surface area contributed by atoms with Crippen LogP contribution in [0.5, 0.6) is 0 Å². The van der Waals surface area contributed by atoms with Crippen molar-refractivity contribution in [2.24, 2.45) is 0 Å². The molecular formula is C15H22N2. The quantitative estimate of drug-likeness (QED) is 0.771. The highest BCUT2D eigenvalue weighted by atomic mass is 15.1. The van der Waals surface area contributed by atoms with Crippen LogP contribution in [0.25, 0.3) is 0 Å². The van der Waals surface area contributed by atoms with E-state index in [1.54, 1.807) is 16.8 Å². The van der Waals surface area contributed by atoms with Gasteiger partial charge in [-0.25, -0.2) is 0 Å². The van der Waals surface area contributed by atoms with Crippen LogP contribution in [0.2, 0.25) is 0 Å². The van der Waals surface area contributed by atoms with E-state index < -0.39 is 0 Å². The van der Waals surface area contributed by atoms with Crippen molar-refractivity contribution in [2.45, 2.75) is 32.6 Å². The maximum absolute atomic E-state index is 2.60. The third-order valence-corrected chi connectivity index (χ3v) is 4.23. The summed E-state index contributed by atoms with van der Waals surface area (Å²) in [4.78, 5) is 4.96. The van der Waals surface area contributed by atoms with E-state index in [4.69, 9.17) is 0 Å². The molecule has 0 N–H and O–H groups in total. The first-order chi connectivity index (χ1) is 8.29. The van der Waals surface area contributed by atoms with Crippen molar-refractivity contribution in [1.29, 1.82) is 0 Å². The number of aryl methyl sites for hydroxylation is 2. The molecule has 0 aliphatic carbocycles. The maximum atomic E-state index is 2.60. The summed E-state index contributed by atoms with van der Waals surface area (Å²) in [6.45, 7) is 5.84. The van der Waals surface area contributed by atoms with Crippen molar-refractivity contribution in [3.05, 3.63) is 23.3 Å². The lowest BCUT2D eigenvalue weighted by Crippen LogP contribution is -2.34. The smallest absolute Gasteiger partial charge is 0.0432 e. The van der Waals surface area contributed by atoms with Crippen molar-refractivity contribution < 1.29 is 0 Å². The van der Waals surface area contributed by atoms with Crippen molar-refractivity contribution in [3.8, 4) is 0 Å². The number of nitrogens with zero attached hydrogens (tertiary/aromatic N) is 2. The molecule has 0 amide bonds. The zero-order chi connectivity index (χ0) is 11.8. The molecule has 2 aliphatic rings. The van der Waals surface area contributed by atoms with Gasteiger partial charge in [-0.05, 0) is 55.9 Å². The van der Waals surface area contributed by atoms with Crippen LogP contribution in [0.1, 0.15) is 30.9 Å². The van der Waals surface area contributed by atoms with E-state index in [0.29, 0.717) is 0 Å². The highest BCUT2D eigenvalue weighted by Gasteiger charge is 2.24. The second-order valence-corrected chi connectivity index (χ2v) is 5.32. The summed E-state index contributed by atoms with van der Waals surface area (Å²) in [6.07, 6.45) is 5.19. The lowest BCUT2D eigenvalue weighted by Gasteiger charge is -2.37. The molecule has 2 heterocycles. The van der Waals surface area contributed by atoms with Gasteiger partial charge in [0.2, 0.25) is 0 Å². The van der Waals surface area contributed by atoms with Gasteiger partial charge in [0.25, 0.3) is 0 Å². The summed E-state index contributed by atoms with van der Waals surface area (Å²) in [6, 6.07) is 4.83. The zero-order valence-corrected chi connectivity index (χ0v) is 11.0. The van der Waals surface area contributed by atoms with E-state index in [-0.39, 0.29) is 0 Å². The maximum Gasteiger partial charge on any atom is 0.0432 e. The van der Waals surface area contributed by atoms with Crippen molar-refractivity contribution >= 4 is 11.4 Å². The van der Waals surface area contributed by atoms with E-state index in [1.807, 2.05) is 0 Å². The van der Waals surface area contributed by atoms with Crippen LogP contribution < -0.4 is 9.80 Å². The first kappa shape index (κ1) is 10.9. The fourth-order valence-electron chi connectivity index (χ4n) is 3.19. The molecule has 0 saturated carbocycles. The number of benzene rings is 1. The Balaban J connectivity index is 2.08. The van der Waals surface area contributed by atoms with Gasteiger partial charge in [0.1, 0.15) is 0 Å². The largest absolute Gasteiger partial charge is 0.375 e. The van der Waals surface area contributed by atoms with Crippen LogP contribution in [-0.2, 0) is 12.8 Å². The molecule has 0 saturated heterocycles. The molecule has 3 rings (SSSR count). The summed E-state index contributed by atoms with van der Waals surface area (Å²) in [7, 11) is 2.19. The molecular weight excluding hydrogens is 208 g/mol. The third-order valence-electron chi connectivity index (χ3n) is 4.23. The van der Waals surface area contributed by atoms with Crippen LogP contribution in [-0.4, -0.2) is 26.7 Å². The minimum absolute atomic E-state index is 1.09. The second kappa shape index (κ2) is 4.25. The number of hydrogen-bond donors (Lipinski definition) is 0. The summed E-state index contributed by atoms with van der Waals surface area (Å²) in [5.41, 5.74) is 6.16. The van der Waals surface area contributed by atoms with Crippen molar-refractivity contribution in [3.63, 3.8) is 0 Å². The third kappa shape index (κ3) is 1.80. The Bertz CT molecular complexity index is 394. The molecule has 2 nitrogen and oxygen atoms in total. The van der Waals surface area contributed by atoms with Crippen LogP contribution in [0.4, 0.5) is 11.4 Å². The van der Waals surface area contributed by atoms with Crippen LogP contribution in [0, 0.1) is 0 Å². The van der Waals surface area contributed by atoms with Gasteiger partial charge >= 0.3 is 0 Å². The zero-order valence-electron chi connectivity index (χ0n) is 11.0. The molecule has 92 valence electrons. The lowest BCUT2D eigenvalue weighted by molar-refractivity contribution is 0.634. The standard InChI is InChI=1S/C15H22N2/c1-3-16(2)14-10-12-6-4-8-17-9-5-7-13(11-14)15(12)17/h10-11H,3-9H2,1-2H3. The number of hydrogen-bond acceptors (Lipinski definition) is 2. The summed E-state index contributed by atoms with van der Waals surface area (Å²) < 4.78 is 0. The molecule has 2 heteroatoms. The predicted octanol–water partition coefficient (Wildman–Crippen LogP) is 2.84. The molecule has 0 radical (unpaired) electrons. The van der Waals surface area contributed by atoms with Gasteiger partial charge in [-0.3, -0.25) is 0 Å². The van der Waals surface area contributed by atoms with E-state index in [2.05, 4.69) is 35.9 Å². The highest BCUT2D eigenvalue weighted by Crippen LogP contribution is 2.37. The molecule has 2 aliphatic heterocycles. The Hall–Kier alpha value is -1.18. The molecule has 0 spiro atoms. The molecule has 1 aromatic rings. The molecule has 0 unspecified atom stereocenters. The van der Waals surface area contributed by atoms with Gasteiger partial charge in [-0.1, -0.05) is 0 Å². The van der Waals surface area contributed by atoms with Crippen molar-refractivity contribution in [1.82, 2.24) is 0 Å². The SMILES string of the molecule is CCN(C)c1cc2c3c(c1)CCCN3CCC2. The second-order valence-electron chi connectivity index (χ2n) is 5.32. The van der Waals surface area contributed by atoms with E-state index in [1.165, 1.54) is 44.5 Å². The Labute approximate surface area is 104 Å². The topological polar surface area (TPSA) is 6.48 Å². The van der Waals surface area contributed by atoms with E-state index in [0.717, 1.165) is 6.54 Å². The highest BCUT2D eigenvalue weighted by molar-refractivity contribution is 5.69. The molecule has 1 aromatic carbocycles. The fraction of sp³-hybridized carbons (Fsp3) is 0.600. The number of rotatable bonds is 2. The minimum Gasteiger partial charge on any atom is -0.375 e. The first-order valence-corrected chi connectivity index (χ1v) is 6.91. The van der Waals surface area contributed by atoms with E-state index >= 15 is 0 Å². The molecule has 0 fully saturated rings. The normalized spacial score (nSPS) is 17.9. The minimum atomic E-state index is 1.09. The van der Waals surface area contributed by atoms with Gasteiger partial charge in [-0.15, -0.1) is 0 Å². The first-order valence-electron chi connectivity index (χ1n) is 6.91. The van der Waals surface area contributed by atoms with Gasteiger partial charge in [0, 0.05) is 38.1 Å². The van der Waals surface area contributed by atoms with Crippen LogP contribution >= 0.6 is 0 Å². The Kier molecular flexibility index (Phi) is 2.73. The van der Waals surface area contributed by atoms with Gasteiger partial charge in [0.05, 0.1) is 0 Å². The van der Waals surface area contributed by atoms with Crippen LogP contribution in [0.15, 0.2) is 12.1 Å². The predicted molar refractivity (Wildman–Crippen MR) is 74.2 cm³/mol. The number of anilines is 2. The van der Waals surface area contributed by atoms with Gasteiger partial charge in [0.15, 0.2) is 0 Å². The van der Waals surface area contributed by atoms with Gasteiger partial charge < -0.3 is 9.80 Å².